The van der Waals surface area contributed by atoms with E-state index in [9.17, 15) is 9.59 Å². The van der Waals surface area contributed by atoms with Crippen molar-refractivity contribution in [3.05, 3.63) is 29.8 Å². The molecular formula is C19H25NO4. The molecule has 24 heavy (non-hydrogen) atoms. The minimum Gasteiger partial charge on any atom is -0.497 e. The van der Waals surface area contributed by atoms with E-state index in [1.807, 2.05) is 24.3 Å². The van der Waals surface area contributed by atoms with Gasteiger partial charge in [0.05, 0.1) is 19.6 Å². The second-order valence-electron chi connectivity index (χ2n) is 6.93. The molecule has 0 aromatic heterocycles. The summed E-state index contributed by atoms with van der Waals surface area (Å²) in [6.07, 6.45) is 4.88. The molecule has 2 bridgehead atoms. The Morgan fingerprint density at radius 2 is 1.96 bits per heavy atom. The Hall–Kier alpha value is -2.04. The summed E-state index contributed by atoms with van der Waals surface area (Å²) in [4.78, 5) is 23.9. The number of ether oxygens (including phenoxy) is 2. The summed E-state index contributed by atoms with van der Waals surface area (Å²) in [5.41, 5.74) is 0.871. The predicted octanol–water partition coefficient (Wildman–Crippen LogP) is 2.99. The van der Waals surface area contributed by atoms with Crippen LogP contribution >= 0.6 is 0 Å². The number of amides is 1. The molecule has 4 unspecified atom stereocenters. The van der Waals surface area contributed by atoms with E-state index in [0.29, 0.717) is 5.92 Å². The molecule has 1 aromatic carbocycles. The van der Waals surface area contributed by atoms with Gasteiger partial charge in [-0.05, 0) is 55.2 Å². The van der Waals surface area contributed by atoms with Gasteiger partial charge in [0.2, 0.25) is 5.91 Å². The number of esters is 1. The van der Waals surface area contributed by atoms with Gasteiger partial charge < -0.3 is 14.8 Å². The Morgan fingerprint density at radius 3 is 2.50 bits per heavy atom. The van der Waals surface area contributed by atoms with E-state index >= 15 is 0 Å². The number of methoxy groups -OCH3 is 1. The zero-order valence-electron chi connectivity index (χ0n) is 14.3. The average Bonchev–Trinajstić information content (AvgIpc) is 3.16. The second kappa shape index (κ2) is 7.24. The number of hydrogen-bond acceptors (Lipinski definition) is 4. The van der Waals surface area contributed by atoms with Crippen LogP contribution in [0.25, 0.3) is 0 Å². The molecule has 0 spiro atoms. The van der Waals surface area contributed by atoms with Crippen LogP contribution in [0.4, 0.5) is 0 Å². The maximum absolute atomic E-state index is 12.4. The van der Waals surface area contributed by atoms with Gasteiger partial charge in [0.25, 0.3) is 0 Å². The van der Waals surface area contributed by atoms with E-state index < -0.39 is 0 Å². The number of carbonyl (C=O) groups is 2. The van der Waals surface area contributed by atoms with Crippen LogP contribution in [0, 0.1) is 11.8 Å². The second-order valence-corrected chi connectivity index (χ2v) is 6.93. The molecule has 4 atom stereocenters. The third kappa shape index (κ3) is 3.89. The molecule has 2 saturated carbocycles. The Bertz CT molecular complexity index is 598. The predicted molar refractivity (Wildman–Crippen MR) is 89.5 cm³/mol. The third-order valence-electron chi connectivity index (χ3n) is 5.22. The van der Waals surface area contributed by atoms with Crippen molar-refractivity contribution >= 4 is 11.9 Å². The number of benzene rings is 1. The SMILES string of the molecule is COc1ccc(C(CC(=O)OC2CC3CCC2C3)NC(C)=O)cc1. The van der Waals surface area contributed by atoms with E-state index in [1.54, 1.807) is 7.11 Å². The number of nitrogens with one attached hydrogen (secondary N) is 1. The molecular weight excluding hydrogens is 306 g/mol. The molecule has 5 heteroatoms. The first-order valence-electron chi connectivity index (χ1n) is 8.65. The molecule has 5 nitrogen and oxygen atoms in total. The number of fused-ring (bicyclic) bond motifs is 2. The molecule has 1 amide bonds. The smallest absolute Gasteiger partial charge is 0.308 e. The maximum Gasteiger partial charge on any atom is 0.308 e. The fraction of sp³-hybridized carbons (Fsp3) is 0.579. The van der Waals surface area contributed by atoms with Gasteiger partial charge in [-0.1, -0.05) is 12.1 Å². The lowest BCUT2D eigenvalue weighted by Gasteiger charge is -2.24. The number of carbonyl (C=O) groups excluding carboxylic acids is 2. The van der Waals surface area contributed by atoms with Gasteiger partial charge in [-0.2, -0.15) is 0 Å². The average molecular weight is 331 g/mol. The maximum atomic E-state index is 12.4. The van der Waals surface area contributed by atoms with Gasteiger partial charge in [0, 0.05) is 6.92 Å². The first-order chi connectivity index (χ1) is 11.5. The van der Waals surface area contributed by atoms with Crippen LogP contribution in [-0.4, -0.2) is 25.1 Å². The van der Waals surface area contributed by atoms with E-state index in [0.717, 1.165) is 23.7 Å². The Morgan fingerprint density at radius 1 is 1.21 bits per heavy atom. The summed E-state index contributed by atoms with van der Waals surface area (Å²) >= 11 is 0. The third-order valence-corrected chi connectivity index (χ3v) is 5.22. The van der Waals surface area contributed by atoms with Gasteiger partial charge in [-0.25, -0.2) is 0 Å². The van der Waals surface area contributed by atoms with Crippen molar-refractivity contribution in [2.24, 2.45) is 11.8 Å². The summed E-state index contributed by atoms with van der Waals surface area (Å²) in [5.74, 6) is 1.62. The molecule has 130 valence electrons. The molecule has 2 fully saturated rings. The van der Waals surface area contributed by atoms with Crippen LogP contribution < -0.4 is 10.1 Å². The van der Waals surface area contributed by atoms with Gasteiger partial charge >= 0.3 is 5.97 Å². The quantitative estimate of drug-likeness (QED) is 0.814. The van der Waals surface area contributed by atoms with E-state index in [-0.39, 0.29) is 30.4 Å². The molecule has 0 heterocycles. The van der Waals surface area contributed by atoms with Gasteiger partial charge in [-0.15, -0.1) is 0 Å². The van der Waals surface area contributed by atoms with Crippen LogP contribution in [0.2, 0.25) is 0 Å². The zero-order valence-corrected chi connectivity index (χ0v) is 14.3. The lowest BCUT2D eigenvalue weighted by atomic mass is 9.97. The molecule has 0 radical (unpaired) electrons. The summed E-state index contributed by atoms with van der Waals surface area (Å²) in [5, 5.41) is 2.84. The summed E-state index contributed by atoms with van der Waals surface area (Å²) in [6, 6.07) is 7.00. The van der Waals surface area contributed by atoms with Crippen LogP contribution in [0.3, 0.4) is 0 Å². The van der Waals surface area contributed by atoms with Crippen LogP contribution in [-0.2, 0) is 14.3 Å². The van der Waals surface area contributed by atoms with E-state index in [2.05, 4.69) is 5.32 Å². The zero-order chi connectivity index (χ0) is 17.1. The summed E-state index contributed by atoms with van der Waals surface area (Å²) in [7, 11) is 1.60. The topological polar surface area (TPSA) is 64.6 Å². The monoisotopic (exact) mass is 331 g/mol. The fourth-order valence-corrected chi connectivity index (χ4v) is 4.05. The first kappa shape index (κ1) is 16.8. The van der Waals surface area contributed by atoms with Crippen LogP contribution in [0.1, 0.15) is 50.6 Å². The lowest BCUT2D eigenvalue weighted by Crippen LogP contribution is -2.31. The van der Waals surface area contributed by atoms with Crippen molar-refractivity contribution in [1.29, 1.82) is 0 Å². The van der Waals surface area contributed by atoms with E-state index in [1.165, 1.54) is 26.2 Å². The van der Waals surface area contributed by atoms with Crippen molar-refractivity contribution < 1.29 is 19.1 Å². The highest BCUT2D eigenvalue weighted by molar-refractivity contribution is 5.76. The molecule has 1 aromatic rings. The van der Waals surface area contributed by atoms with Crippen molar-refractivity contribution in [2.45, 2.75) is 51.2 Å². The highest BCUT2D eigenvalue weighted by Gasteiger charge is 2.41. The molecule has 3 rings (SSSR count). The van der Waals surface area contributed by atoms with Crippen molar-refractivity contribution in [1.82, 2.24) is 5.32 Å². The van der Waals surface area contributed by atoms with Gasteiger partial charge in [0.1, 0.15) is 11.9 Å². The lowest BCUT2D eigenvalue weighted by molar-refractivity contribution is -0.152. The van der Waals surface area contributed by atoms with E-state index in [4.69, 9.17) is 9.47 Å². The van der Waals surface area contributed by atoms with Gasteiger partial charge in [0.15, 0.2) is 0 Å². The van der Waals surface area contributed by atoms with Crippen molar-refractivity contribution in [3.63, 3.8) is 0 Å². The Kier molecular flexibility index (Phi) is 5.07. The highest BCUT2D eigenvalue weighted by atomic mass is 16.5. The number of hydrogen-bond donors (Lipinski definition) is 1. The van der Waals surface area contributed by atoms with Gasteiger partial charge in [-0.3, -0.25) is 9.59 Å². The molecule has 1 N–H and O–H groups in total. The molecule has 2 aliphatic rings. The number of rotatable bonds is 6. The first-order valence-corrected chi connectivity index (χ1v) is 8.65. The molecule has 2 aliphatic carbocycles. The van der Waals surface area contributed by atoms with Crippen LogP contribution in [0.5, 0.6) is 5.75 Å². The minimum atomic E-state index is -0.375. The summed E-state index contributed by atoms with van der Waals surface area (Å²) in [6.45, 7) is 1.46. The van der Waals surface area contributed by atoms with Crippen molar-refractivity contribution in [2.75, 3.05) is 7.11 Å². The largest absolute Gasteiger partial charge is 0.497 e. The molecule has 0 saturated heterocycles. The van der Waals surface area contributed by atoms with Crippen LogP contribution in [0.15, 0.2) is 24.3 Å². The Labute approximate surface area is 142 Å². The normalized spacial score (nSPS) is 26.0. The summed E-state index contributed by atoms with van der Waals surface area (Å²) < 4.78 is 10.9. The Balaban J connectivity index is 1.62. The standard InChI is InChI=1S/C19H25NO4/c1-12(21)20-17(14-5-7-16(23-2)8-6-14)11-19(22)24-18-10-13-3-4-15(18)9-13/h5-8,13,15,17-18H,3-4,9-11H2,1-2H3,(H,20,21). The fourth-order valence-electron chi connectivity index (χ4n) is 4.05. The van der Waals surface area contributed by atoms with Crippen molar-refractivity contribution in [3.8, 4) is 5.75 Å². The minimum absolute atomic E-state index is 0.0742. The molecule has 0 aliphatic heterocycles. The highest BCUT2D eigenvalue weighted by Crippen LogP contribution is 2.46.